The van der Waals surface area contributed by atoms with Crippen LogP contribution < -0.4 is 16.3 Å². The third-order valence-electron chi connectivity index (χ3n) is 5.55. The molecule has 0 amide bonds. The Kier molecular flexibility index (Phi) is 5.37. The molecule has 0 aliphatic heterocycles. The summed E-state index contributed by atoms with van der Waals surface area (Å²) < 4.78 is 15.2. The first kappa shape index (κ1) is 21.8. The monoisotopic (exact) mass is 478 g/mol. The summed E-state index contributed by atoms with van der Waals surface area (Å²) in [7, 11) is 0. The highest BCUT2D eigenvalue weighted by Gasteiger charge is 2.21. The number of anilines is 2. The molecule has 1 atom stereocenters. The Balaban J connectivity index is 1.67. The number of hydrogen-bond donors (Lipinski definition) is 3. The molecule has 9 nitrogen and oxygen atoms in total. The van der Waals surface area contributed by atoms with Crippen LogP contribution in [0.1, 0.15) is 29.9 Å². The number of aryl methyl sites for hydroxylation is 2. The minimum Gasteiger partial charge on any atom is -0.358 e. The fraction of sp³-hybridized carbons (Fsp3) is 0.174. The minimum absolute atomic E-state index is 0.279. The first-order valence-corrected chi connectivity index (χ1v) is 10.9. The Morgan fingerprint density at radius 1 is 1.15 bits per heavy atom. The van der Waals surface area contributed by atoms with Crippen molar-refractivity contribution in [2.45, 2.75) is 26.8 Å². The maximum atomic E-state index is 13.9. The lowest BCUT2D eigenvalue weighted by atomic mass is 10.1. The molecule has 2 aromatic carbocycles. The van der Waals surface area contributed by atoms with Gasteiger partial charge >= 0.3 is 0 Å². The molecule has 0 fully saturated rings. The lowest BCUT2D eigenvalue weighted by Gasteiger charge is -2.22. The molecule has 0 radical (unpaired) electrons. The van der Waals surface area contributed by atoms with E-state index in [0.717, 1.165) is 0 Å². The first-order chi connectivity index (χ1) is 16.3. The molecule has 172 valence electrons. The Labute approximate surface area is 198 Å². The van der Waals surface area contributed by atoms with Crippen molar-refractivity contribution in [1.29, 1.82) is 0 Å². The number of fused-ring (bicyclic) bond motifs is 2. The maximum Gasteiger partial charge on any atom is 0.281 e. The molecule has 3 aromatic heterocycles. The van der Waals surface area contributed by atoms with Gasteiger partial charge in [0, 0.05) is 0 Å². The zero-order valence-electron chi connectivity index (χ0n) is 18.5. The fourth-order valence-corrected chi connectivity index (χ4v) is 4.19. The van der Waals surface area contributed by atoms with Crippen LogP contribution in [0.2, 0.25) is 5.02 Å². The first-order valence-electron chi connectivity index (χ1n) is 10.5. The average molecular weight is 479 g/mol. The van der Waals surface area contributed by atoms with Crippen molar-refractivity contribution in [3.05, 3.63) is 81.1 Å². The van der Waals surface area contributed by atoms with E-state index in [0.29, 0.717) is 50.2 Å². The van der Waals surface area contributed by atoms with E-state index in [4.69, 9.17) is 16.6 Å². The van der Waals surface area contributed by atoms with Gasteiger partial charge in [0.2, 0.25) is 0 Å². The number of nitrogens with one attached hydrogen (secondary N) is 3. The maximum absolute atomic E-state index is 13.9. The molecule has 3 N–H and O–H groups in total. The standard InChI is InChI=1S/C23H20ClFN8O/c1-11-7-14(25)8-12(2)18(11)32-33-22(31-16-6-4-5-15(24)17(16)23(33)34)13(3)30-21-19-20(27-9-26-19)28-10-29-21/h4-10,13,32H,1-3H3,(H2,26,27,28,29,30). The lowest BCUT2D eigenvalue weighted by Crippen LogP contribution is -2.34. The van der Waals surface area contributed by atoms with Crippen LogP contribution in [0.3, 0.4) is 0 Å². The van der Waals surface area contributed by atoms with Crippen molar-refractivity contribution >= 4 is 45.2 Å². The highest BCUT2D eigenvalue weighted by atomic mass is 35.5. The number of hydrogen-bond acceptors (Lipinski definition) is 7. The van der Waals surface area contributed by atoms with Crippen LogP contribution >= 0.6 is 11.6 Å². The summed E-state index contributed by atoms with van der Waals surface area (Å²) in [5, 5.41) is 3.84. The van der Waals surface area contributed by atoms with Gasteiger partial charge in [-0.05, 0) is 56.2 Å². The van der Waals surface area contributed by atoms with Crippen molar-refractivity contribution in [2.75, 3.05) is 10.7 Å². The Morgan fingerprint density at radius 3 is 2.68 bits per heavy atom. The Hall–Kier alpha value is -4.05. The van der Waals surface area contributed by atoms with Gasteiger partial charge in [0.15, 0.2) is 17.3 Å². The van der Waals surface area contributed by atoms with Gasteiger partial charge in [-0.25, -0.2) is 29.0 Å². The second-order valence-corrected chi connectivity index (χ2v) is 8.37. The third-order valence-corrected chi connectivity index (χ3v) is 5.87. The third kappa shape index (κ3) is 3.71. The minimum atomic E-state index is -0.487. The van der Waals surface area contributed by atoms with Crippen LogP contribution in [0.4, 0.5) is 15.9 Å². The molecule has 0 aliphatic rings. The molecule has 0 bridgehead atoms. The molecular formula is C23H20ClFN8O. The van der Waals surface area contributed by atoms with E-state index in [-0.39, 0.29) is 16.8 Å². The molecular weight excluding hydrogens is 459 g/mol. The largest absolute Gasteiger partial charge is 0.358 e. The topological polar surface area (TPSA) is 113 Å². The number of imidazole rings is 1. The van der Waals surface area contributed by atoms with Crippen LogP contribution in [-0.2, 0) is 0 Å². The molecule has 3 heterocycles. The van der Waals surface area contributed by atoms with Gasteiger partial charge in [0.05, 0.1) is 34.0 Å². The van der Waals surface area contributed by atoms with Crippen molar-refractivity contribution in [3.63, 3.8) is 0 Å². The molecule has 0 saturated heterocycles. The molecule has 5 aromatic rings. The molecule has 0 saturated carbocycles. The molecule has 11 heteroatoms. The summed E-state index contributed by atoms with van der Waals surface area (Å²) >= 11 is 6.36. The van der Waals surface area contributed by atoms with Gasteiger partial charge in [-0.2, -0.15) is 0 Å². The smallest absolute Gasteiger partial charge is 0.281 e. The van der Waals surface area contributed by atoms with Crippen LogP contribution in [-0.4, -0.2) is 29.6 Å². The van der Waals surface area contributed by atoms with E-state index in [9.17, 15) is 9.18 Å². The van der Waals surface area contributed by atoms with Gasteiger partial charge < -0.3 is 10.3 Å². The zero-order valence-corrected chi connectivity index (χ0v) is 19.3. The molecule has 0 spiro atoms. The second kappa shape index (κ2) is 8.38. The van der Waals surface area contributed by atoms with E-state index in [1.54, 1.807) is 32.0 Å². The Morgan fingerprint density at radius 2 is 1.91 bits per heavy atom. The lowest BCUT2D eigenvalue weighted by molar-refractivity contribution is 0.625. The van der Waals surface area contributed by atoms with Crippen molar-refractivity contribution < 1.29 is 4.39 Å². The summed E-state index contributed by atoms with van der Waals surface area (Å²) in [5.41, 5.74) is 6.25. The summed E-state index contributed by atoms with van der Waals surface area (Å²) in [6, 6.07) is 7.43. The Bertz CT molecular complexity index is 1590. The van der Waals surface area contributed by atoms with Gasteiger partial charge in [0.1, 0.15) is 17.7 Å². The SMILES string of the molecule is Cc1cc(F)cc(C)c1Nn1c(C(C)Nc2ncnc3[nH]cnc23)nc2cccc(Cl)c2c1=O. The normalized spacial score (nSPS) is 12.3. The van der Waals surface area contributed by atoms with Crippen LogP contribution in [0.25, 0.3) is 22.1 Å². The van der Waals surface area contributed by atoms with Gasteiger partial charge in [-0.1, -0.05) is 17.7 Å². The number of aromatic amines is 1. The molecule has 5 rings (SSSR count). The van der Waals surface area contributed by atoms with E-state index >= 15 is 0 Å². The summed E-state index contributed by atoms with van der Waals surface area (Å²) in [4.78, 5) is 34.0. The van der Waals surface area contributed by atoms with E-state index in [2.05, 4.69) is 30.7 Å². The van der Waals surface area contributed by atoms with Crippen LogP contribution in [0, 0.1) is 19.7 Å². The molecule has 1 unspecified atom stereocenters. The number of aromatic nitrogens is 6. The highest BCUT2D eigenvalue weighted by Crippen LogP contribution is 2.26. The van der Waals surface area contributed by atoms with E-state index < -0.39 is 6.04 Å². The number of benzene rings is 2. The number of rotatable bonds is 5. The predicted octanol–water partition coefficient (Wildman–Crippen LogP) is 4.52. The van der Waals surface area contributed by atoms with Crippen LogP contribution in [0.15, 0.2) is 47.8 Å². The number of nitrogens with zero attached hydrogens (tertiary/aromatic N) is 5. The van der Waals surface area contributed by atoms with Gasteiger partial charge in [-0.15, -0.1) is 0 Å². The van der Waals surface area contributed by atoms with Crippen molar-refractivity contribution in [2.24, 2.45) is 0 Å². The van der Waals surface area contributed by atoms with Gasteiger partial charge in [-0.3, -0.25) is 10.2 Å². The summed E-state index contributed by atoms with van der Waals surface area (Å²) in [5.74, 6) is 0.514. The summed E-state index contributed by atoms with van der Waals surface area (Å²) in [6.07, 6.45) is 2.95. The van der Waals surface area contributed by atoms with E-state index in [1.165, 1.54) is 29.5 Å². The van der Waals surface area contributed by atoms with Crippen molar-refractivity contribution in [3.8, 4) is 0 Å². The number of halogens is 2. The van der Waals surface area contributed by atoms with Crippen molar-refractivity contribution in [1.82, 2.24) is 29.6 Å². The quantitative estimate of drug-likeness (QED) is 0.340. The molecule has 34 heavy (non-hydrogen) atoms. The predicted molar refractivity (Wildman–Crippen MR) is 130 cm³/mol. The van der Waals surface area contributed by atoms with E-state index in [1.807, 2.05) is 6.92 Å². The number of H-pyrrole nitrogens is 1. The fourth-order valence-electron chi connectivity index (χ4n) is 3.94. The zero-order chi connectivity index (χ0) is 24.0. The molecule has 0 aliphatic carbocycles. The van der Waals surface area contributed by atoms with Crippen LogP contribution in [0.5, 0.6) is 0 Å². The summed E-state index contributed by atoms with van der Waals surface area (Å²) in [6.45, 7) is 5.38. The second-order valence-electron chi connectivity index (χ2n) is 7.96. The van der Waals surface area contributed by atoms with Gasteiger partial charge in [0.25, 0.3) is 5.56 Å². The highest BCUT2D eigenvalue weighted by molar-refractivity contribution is 6.35. The average Bonchev–Trinajstić information content (AvgIpc) is 3.27.